The van der Waals surface area contributed by atoms with Crippen molar-refractivity contribution in [2.75, 3.05) is 7.11 Å². The summed E-state index contributed by atoms with van der Waals surface area (Å²) in [6.07, 6.45) is 6.14. The zero-order valence-electron chi connectivity index (χ0n) is 9.99. The van der Waals surface area contributed by atoms with Gasteiger partial charge in [0.1, 0.15) is 5.75 Å². The fourth-order valence-electron chi connectivity index (χ4n) is 2.13. The summed E-state index contributed by atoms with van der Waals surface area (Å²) in [6.45, 7) is 0. The SMILES string of the molecule is COc1cccc(CCCC(N)C2CC2)c1. The van der Waals surface area contributed by atoms with Crippen LogP contribution in [-0.4, -0.2) is 13.2 Å². The van der Waals surface area contributed by atoms with Gasteiger partial charge in [0.05, 0.1) is 7.11 Å². The summed E-state index contributed by atoms with van der Waals surface area (Å²) in [6, 6.07) is 8.74. The molecule has 1 aliphatic carbocycles. The highest BCUT2D eigenvalue weighted by molar-refractivity contribution is 5.28. The minimum Gasteiger partial charge on any atom is -0.497 e. The van der Waals surface area contributed by atoms with Gasteiger partial charge < -0.3 is 10.5 Å². The highest BCUT2D eigenvalue weighted by Gasteiger charge is 2.27. The van der Waals surface area contributed by atoms with E-state index in [9.17, 15) is 0 Å². The number of hydrogen-bond acceptors (Lipinski definition) is 2. The molecule has 0 bridgehead atoms. The van der Waals surface area contributed by atoms with Crippen molar-refractivity contribution >= 4 is 0 Å². The third-order valence-electron chi connectivity index (χ3n) is 3.36. The maximum Gasteiger partial charge on any atom is 0.119 e. The molecule has 1 atom stereocenters. The Balaban J connectivity index is 1.75. The second-order valence-electron chi connectivity index (χ2n) is 4.75. The molecular weight excluding hydrogens is 198 g/mol. The molecule has 1 aliphatic rings. The number of aryl methyl sites for hydroxylation is 1. The van der Waals surface area contributed by atoms with Crippen LogP contribution in [0.3, 0.4) is 0 Å². The topological polar surface area (TPSA) is 35.2 Å². The van der Waals surface area contributed by atoms with Gasteiger partial charge in [-0.3, -0.25) is 0 Å². The molecule has 2 nitrogen and oxygen atoms in total. The molecule has 1 aromatic rings. The van der Waals surface area contributed by atoms with E-state index < -0.39 is 0 Å². The zero-order chi connectivity index (χ0) is 11.4. The lowest BCUT2D eigenvalue weighted by Gasteiger charge is -2.10. The highest BCUT2D eigenvalue weighted by atomic mass is 16.5. The predicted molar refractivity (Wildman–Crippen MR) is 66.6 cm³/mol. The van der Waals surface area contributed by atoms with Gasteiger partial charge in [-0.25, -0.2) is 0 Å². The molecular formula is C14H21NO. The summed E-state index contributed by atoms with van der Waals surface area (Å²) in [5, 5.41) is 0. The monoisotopic (exact) mass is 219 g/mol. The van der Waals surface area contributed by atoms with Crippen LogP contribution in [0.25, 0.3) is 0 Å². The lowest BCUT2D eigenvalue weighted by molar-refractivity contribution is 0.414. The smallest absolute Gasteiger partial charge is 0.119 e. The van der Waals surface area contributed by atoms with Crippen molar-refractivity contribution in [2.45, 2.75) is 38.1 Å². The molecule has 2 N–H and O–H groups in total. The van der Waals surface area contributed by atoms with Crippen molar-refractivity contribution in [3.05, 3.63) is 29.8 Å². The molecule has 0 heterocycles. The second kappa shape index (κ2) is 5.35. The third kappa shape index (κ3) is 3.24. The van der Waals surface area contributed by atoms with E-state index in [0.717, 1.165) is 24.5 Å². The molecule has 0 aromatic heterocycles. The van der Waals surface area contributed by atoms with Crippen molar-refractivity contribution in [2.24, 2.45) is 11.7 Å². The van der Waals surface area contributed by atoms with E-state index in [-0.39, 0.29) is 0 Å². The van der Waals surface area contributed by atoms with Crippen LogP contribution in [0.15, 0.2) is 24.3 Å². The molecule has 0 spiro atoms. The van der Waals surface area contributed by atoms with Gasteiger partial charge in [0.25, 0.3) is 0 Å². The Morgan fingerprint density at radius 2 is 2.25 bits per heavy atom. The highest BCUT2D eigenvalue weighted by Crippen LogP contribution is 2.33. The Morgan fingerprint density at radius 1 is 1.44 bits per heavy atom. The van der Waals surface area contributed by atoms with E-state index in [1.807, 2.05) is 6.07 Å². The van der Waals surface area contributed by atoms with Crippen LogP contribution in [0.1, 0.15) is 31.2 Å². The van der Waals surface area contributed by atoms with E-state index >= 15 is 0 Å². The number of methoxy groups -OCH3 is 1. The molecule has 1 aromatic carbocycles. The van der Waals surface area contributed by atoms with Gasteiger partial charge in [0.15, 0.2) is 0 Å². The maximum absolute atomic E-state index is 6.07. The summed E-state index contributed by atoms with van der Waals surface area (Å²) in [4.78, 5) is 0. The molecule has 2 heteroatoms. The van der Waals surface area contributed by atoms with Gasteiger partial charge in [0.2, 0.25) is 0 Å². The molecule has 1 unspecified atom stereocenters. The number of benzene rings is 1. The lowest BCUT2D eigenvalue weighted by atomic mass is 10.0. The van der Waals surface area contributed by atoms with Crippen molar-refractivity contribution in [3.63, 3.8) is 0 Å². The standard InChI is InChI=1S/C14H21NO/c1-16-13-6-2-4-11(10-13)5-3-7-14(15)12-8-9-12/h2,4,6,10,12,14H,3,5,7-9,15H2,1H3. The first-order valence-electron chi connectivity index (χ1n) is 6.18. The van der Waals surface area contributed by atoms with Crippen molar-refractivity contribution in [1.82, 2.24) is 0 Å². The first-order chi connectivity index (χ1) is 7.79. The molecule has 0 saturated heterocycles. The normalized spacial score (nSPS) is 17.1. The summed E-state index contributed by atoms with van der Waals surface area (Å²) in [7, 11) is 1.71. The van der Waals surface area contributed by atoms with Crippen molar-refractivity contribution < 1.29 is 4.74 Å². The van der Waals surface area contributed by atoms with E-state index in [0.29, 0.717) is 6.04 Å². The minimum atomic E-state index is 0.436. The van der Waals surface area contributed by atoms with Gasteiger partial charge in [-0.1, -0.05) is 12.1 Å². The van der Waals surface area contributed by atoms with E-state index in [1.165, 1.54) is 24.8 Å². The average Bonchev–Trinajstić information content (AvgIpc) is 3.13. The van der Waals surface area contributed by atoms with Gasteiger partial charge in [-0.15, -0.1) is 0 Å². The number of rotatable bonds is 6. The first kappa shape index (κ1) is 11.5. The molecule has 0 amide bonds. The number of ether oxygens (including phenoxy) is 1. The third-order valence-corrected chi connectivity index (χ3v) is 3.36. The first-order valence-corrected chi connectivity index (χ1v) is 6.18. The van der Waals surface area contributed by atoms with Crippen LogP contribution in [0.5, 0.6) is 5.75 Å². The maximum atomic E-state index is 6.07. The van der Waals surface area contributed by atoms with Gasteiger partial charge in [-0.05, 0) is 55.7 Å². The molecule has 0 radical (unpaired) electrons. The lowest BCUT2D eigenvalue weighted by Crippen LogP contribution is -2.22. The predicted octanol–water partition coefficient (Wildman–Crippen LogP) is 2.76. The van der Waals surface area contributed by atoms with Crippen LogP contribution in [0.4, 0.5) is 0 Å². The second-order valence-corrected chi connectivity index (χ2v) is 4.75. The molecule has 1 saturated carbocycles. The van der Waals surface area contributed by atoms with Gasteiger partial charge >= 0.3 is 0 Å². The van der Waals surface area contributed by atoms with Crippen LogP contribution in [-0.2, 0) is 6.42 Å². The van der Waals surface area contributed by atoms with Crippen molar-refractivity contribution in [1.29, 1.82) is 0 Å². The van der Waals surface area contributed by atoms with Crippen molar-refractivity contribution in [3.8, 4) is 5.75 Å². The Morgan fingerprint density at radius 3 is 2.94 bits per heavy atom. The quantitative estimate of drug-likeness (QED) is 0.798. The molecule has 2 rings (SSSR count). The molecule has 0 aliphatic heterocycles. The Bertz CT molecular complexity index is 333. The van der Waals surface area contributed by atoms with E-state index in [1.54, 1.807) is 7.11 Å². The summed E-state index contributed by atoms with van der Waals surface area (Å²) < 4.78 is 5.21. The molecule has 1 fully saturated rings. The Kier molecular flexibility index (Phi) is 3.83. The Labute approximate surface area is 97.8 Å². The summed E-state index contributed by atoms with van der Waals surface area (Å²) >= 11 is 0. The minimum absolute atomic E-state index is 0.436. The molecule has 88 valence electrons. The largest absolute Gasteiger partial charge is 0.497 e. The fraction of sp³-hybridized carbons (Fsp3) is 0.571. The Hall–Kier alpha value is -1.02. The summed E-state index contributed by atoms with van der Waals surface area (Å²) in [5.41, 5.74) is 7.42. The fourth-order valence-corrected chi connectivity index (χ4v) is 2.13. The zero-order valence-corrected chi connectivity index (χ0v) is 9.99. The van der Waals surface area contributed by atoms with Crippen LogP contribution < -0.4 is 10.5 Å². The van der Waals surface area contributed by atoms with Crippen LogP contribution in [0, 0.1) is 5.92 Å². The average molecular weight is 219 g/mol. The van der Waals surface area contributed by atoms with E-state index in [4.69, 9.17) is 10.5 Å². The summed E-state index contributed by atoms with van der Waals surface area (Å²) in [5.74, 6) is 1.77. The van der Waals surface area contributed by atoms with E-state index in [2.05, 4.69) is 18.2 Å². The number of nitrogens with two attached hydrogens (primary N) is 1. The van der Waals surface area contributed by atoms with Crippen LogP contribution in [0.2, 0.25) is 0 Å². The van der Waals surface area contributed by atoms with Crippen LogP contribution >= 0.6 is 0 Å². The van der Waals surface area contributed by atoms with Gasteiger partial charge in [-0.2, -0.15) is 0 Å². The number of hydrogen-bond donors (Lipinski definition) is 1. The van der Waals surface area contributed by atoms with Gasteiger partial charge in [0, 0.05) is 6.04 Å². The molecule has 16 heavy (non-hydrogen) atoms.